The van der Waals surface area contributed by atoms with Gasteiger partial charge in [-0.1, -0.05) is 23.2 Å². The number of esters is 2. The number of benzene rings is 2. The molecule has 0 unspecified atom stereocenters. The summed E-state index contributed by atoms with van der Waals surface area (Å²) in [5.41, 5.74) is -1.38. The van der Waals surface area contributed by atoms with Gasteiger partial charge in [-0.15, -0.1) is 22.7 Å². The highest BCUT2D eigenvalue weighted by Crippen LogP contribution is 2.49. The van der Waals surface area contributed by atoms with Crippen LogP contribution in [0.4, 0.5) is 11.4 Å². The van der Waals surface area contributed by atoms with Gasteiger partial charge in [0.2, 0.25) is 11.5 Å². The smallest absolute Gasteiger partial charge is 0.349 e. The van der Waals surface area contributed by atoms with Gasteiger partial charge < -0.3 is 29.9 Å². The molecule has 0 aliphatic heterocycles. The SMILES string of the molecule is CCOC(=O)c1sc2c([N+](=O)[O-])c(O)c(O)cc2c1Cl.CCOC(=O)c1sc2c([N+](=O)[O-])c(O)c(O)cc2c1Cl. The van der Waals surface area contributed by atoms with Gasteiger partial charge in [0.05, 0.1) is 33.1 Å². The van der Waals surface area contributed by atoms with E-state index in [0.29, 0.717) is 0 Å². The number of hydrogen-bond acceptors (Lipinski definition) is 14. The van der Waals surface area contributed by atoms with E-state index in [1.807, 2.05) is 0 Å². The summed E-state index contributed by atoms with van der Waals surface area (Å²) in [5.74, 6) is -4.52. The number of nitro groups is 2. The number of rotatable bonds is 6. The number of ether oxygens (including phenoxy) is 2. The standard InChI is InChI=1S/2C11H8ClNO6S/c2*1-2-19-11(16)10-6(12)4-3-5(14)8(15)7(13(17)18)9(4)20-10/h2*3,14-15H,2H2,1H3. The lowest BCUT2D eigenvalue weighted by Crippen LogP contribution is -2.02. The Kier molecular flexibility index (Phi) is 9.09. The van der Waals surface area contributed by atoms with Crippen molar-refractivity contribution in [2.75, 3.05) is 13.2 Å². The lowest BCUT2D eigenvalue weighted by molar-refractivity contribution is -0.384. The Morgan fingerprint density at radius 2 is 1.10 bits per heavy atom. The fourth-order valence-corrected chi connectivity index (χ4v) is 6.29. The molecule has 0 amide bonds. The number of phenols is 4. The molecular weight excluding hydrogens is 619 g/mol. The summed E-state index contributed by atoms with van der Waals surface area (Å²) in [5, 5.41) is 60.2. The maximum atomic E-state index is 11.7. The Morgan fingerprint density at radius 3 is 1.38 bits per heavy atom. The zero-order valence-corrected chi connectivity index (χ0v) is 23.2. The number of fused-ring (bicyclic) bond motifs is 2. The first-order valence-electron chi connectivity index (χ1n) is 10.7. The number of carbonyl (C=O) groups excluding carboxylic acids is 2. The van der Waals surface area contributed by atoms with Crippen LogP contribution in [0, 0.1) is 20.2 Å². The van der Waals surface area contributed by atoms with Gasteiger partial charge >= 0.3 is 23.3 Å². The fourth-order valence-electron chi connectivity index (χ4n) is 3.32. The van der Waals surface area contributed by atoms with Crippen molar-refractivity contribution in [3.05, 3.63) is 52.2 Å². The minimum atomic E-state index is -0.865. The van der Waals surface area contributed by atoms with E-state index >= 15 is 0 Å². The van der Waals surface area contributed by atoms with Gasteiger partial charge in [0.15, 0.2) is 11.5 Å². The molecule has 2 heterocycles. The Balaban J connectivity index is 0.000000220. The van der Waals surface area contributed by atoms with E-state index in [9.17, 15) is 50.2 Å². The summed E-state index contributed by atoms with van der Waals surface area (Å²) in [6.07, 6.45) is 0. The van der Waals surface area contributed by atoms with Crippen molar-refractivity contribution >= 4 is 89.4 Å². The van der Waals surface area contributed by atoms with Gasteiger partial charge in [-0.2, -0.15) is 0 Å². The minimum Gasteiger partial charge on any atom is -0.504 e. The van der Waals surface area contributed by atoms with Crippen molar-refractivity contribution in [2.45, 2.75) is 13.8 Å². The minimum absolute atomic E-state index is 0.00152. The lowest BCUT2D eigenvalue weighted by Gasteiger charge is -2.00. The maximum Gasteiger partial charge on any atom is 0.349 e. The Labute approximate surface area is 240 Å². The van der Waals surface area contributed by atoms with Crippen LogP contribution >= 0.6 is 45.9 Å². The van der Waals surface area contributed by atoms with Gasteiger partial charge in [0.25, 0.3) is 0 Å². The van der Waals surface area contributed by atoms with E-state index in [4.69, 9.17) is 32.7 Å². The molecule has 14 nitrogen and oxygen atoms in total. The molecule has 0 spiro atoms. The summed E-state index contributed by atoms with van der Waals surface area (Å²) >= 11 is 13.4. The largest absolute Gasteiger partial charge is 0.504 e. The highest BCUT2D eigenvalue weighted by atomic mass is 35.5. The molecule has 0 fully saturated rings. The number of phenolic OH excluding ortho intramolecular Hbond substituents is 4. The topological polar surface area (TPSA) is 220 Å². The summed E-state index contributed by atoms with van der Waals surface area (Å²) in [6, 6.07) is 2.14. The summed E-state index contributed by atoms with van der Waals surface area (Å²) < 4.78 is 9.58. The van der Waals surface area contributed by atoms with Gasteiger partial charge in [-0.3, -0.25) is 20.2 Å². The van der Waals surface area contributed by atoms with Crippen LogP contribution in [0.25, 0.3) is 20.2 Å². The Hall–Kier alpha value is -4.12. The second-order valence-corrected chi connectivity index (χ2v) is 10.2. The zero-order chi connectivity index (χ0) is 30.0. The van der Waals surface area contributed by atoms with Crippen molar-refractivity contribution in [1.29, 1.82) is 0 Å². The summed E-state index contributed by atoms with van der Waals surface area (Å²) in [4.78, 5) is 43.6. The number of halogens is 2. The predicted octanol–water partition coefficient (Wildman–Crippen LogP) is 6.10. The molecule has 18 heteroatoms. The van der Waals surface area contributed by atoms with Gasteiger partial charge in [0, 0.05) is 10.8 Å². The zero-order valence-electron chi connectivity index (χ0n) is 20.1. The fraction of sp³-hybridized carbons (Fsp3) is 0.182. The van der Waals surface area contributed by atoms with Crippen LogP contribution in [0.15, 0.2) is 12.1 Å². The first-order valence-corrected chi connectivity index (χ1v) is 13.1. The first kappa shape index (κ1) is 30.4. The predicted molar refractivity (Wildman–Crippen MR) is 146 cm³/mol. The van der Waals surface area contributed by atoms with Gasteiger partial charge in [-0.05, 0) is 26.0 Å². The first-order chi connectivity index (χ1) is 18.8. The number of nitrogens with zero attached hydrogens (tertiary/aromatic N) is 2. The molecule has 2 aromatic heterocycles. The molecule has 40 heavy (non-hydrogen) atoms. The third-order valence-electron chi connectivity index (χ3n) is 4.98. The third-order valence-corrected chi connectivity index (χ3v) is 8.38. The summed E-state index contributed by atoms with van der Waals surface area (Å²) in [7, 11) is 0. The number of nitro benzene ring substituents is 2. The molecule has 0 atom stereocenters. The second-order valence-electron chi connectivity index (χ2n) is 7.38. The second kappa shape index (κ2) is 12.0. The van der Waals surface area contributed by atoms with Crippen molar-refractivity contribution < 1.29 is 49.3 Å². The molecule has 2 aromatic carbocycles. The Morgan fingerprint density at radius 1 is 0.775 bits per heavy atom. The van der Waals surface area contributed by atoms with Crippen LogP contribution in [-0.2, 0) is 9.47 Å². The summed E-state index contributed by atoms with van der Waals surface area (Å²) in [6.45, 7) is 3.47. The number of carbonyl (C=O) groups is 2. The van der Waals surface area contributed by atoms with E-state index in [1.54, 1.807) is 13.8 Å². The van der Waals surface area contributed by atoms with E-state index in [1.165, 1.54) is 0 Å². The molecule has 4 N–H and O–H groups in total. The van der Waals surface area contributed by atoms with Crippen LogP contribution in [-0.4, -0.2) is 55.4 Å². The van der Waals surface area contributed by atoms with Crippen molar-refractivity contribution in [3.8, 4) is 23.0 Å². The molecule has 212 valence electrons. The molecule has 0 bridgehead atoms. The molecule has 0 aliphatic rings. The molecule has 0 saturated carbocycles. The van der Waals surface area contributed by atoms with Crippen LogP contribution in [0.2, 0.25) is 10.0 Å². The molecular formula is C22H16Cl2N2O12S2. The monoisotopic (exact) mass is 634 g/mol. The number of aromatic hydroxyl groups is 4. The van der Waals surface area contributed by atoms with Crippen LogP contribution in [0.5, 0.6) is 23.0 Å². The van der Waals surface area contributed by atoms with E-state index in [-0.39, 0.29) is 53.2 Å². The normalized spacial score (nSPS) is 10.7. The third kappa shape index (κ3) is 5.46. The van der Waals surface area contributed by atoms with E-state index in [0.717, 1.165) is 34.8 Å². The molecule has 0 aliphatic carbocycles. The van der Waals surface area contributed by atoms with Crippen molar-refractivity contribution in [2.24, 2.45) is 0 Å². The average molecular weight is 635 g/mol. The number of hydrogen-bond donors (Lipinski definition) is 4. The molecule has 4 aromatic rings. The maximum absolute atomic E-state index is 11.7. The molecule has 0 saturated heterocycles. The molecule has 0 radical (unpaired) electrons. The molecule has 4 rings (SSSR count). The van der Waals surface area contributed by atoms with Gasteiger partial charge in [0.1, 0.15) is 19.2 Å². The van der Waals surface area contributed by atoms with Crippen molar-refractivity contribution in [3.63, 3.8) is 0 Å². The van der Waals surface area contributed by atoms with Crippen LogP contribution < -0.4 is 0 Å². The van der Waals surface area contributed by atoms with Crippen LogP contribution in [0.3, 0.4) is 0 Å². The van der Waals surface area contributed by atoms with Crippen LogP contribution in [0.1, 0.15) is 33.2 Å². The quantitative estimate of drug-likeness (QED) is 0.0817. The highest BCUT2D eigenvalue weighted by Gasteiger charge is 2.30. The Bertz CT molecular complexity index is 1580. The van der Waals surface area contributed by atoms with E-state index < -0.39 is 56.2 Å². The average Bonchev–Trinajstić information content (AvgIpc) is 3.37. The van der Waals surface area contributed by atoms with Crippen molar-refractivity contribution in [1.82, 2.24) is 0 Å². The van der Waals surface area contributed by atoms with Gasteiger partial charge in [-0.25, -0.2) is 9.59 Å². The highest BCUT2D eigenvalue weighted by molar-refractivity contribution is 7.22. The lowest BCUT2D eigenvalue weighted by atomic mass is 10.2. The van der Waals surface area contributed by atoms with E-state index in [2.05, 4.69) is 0 Å². The number of thiophene rings is 2.